The summed E-state index contributed by atoms with van der Waals surface area (Å²) >= 11 is 3.27. The van der Waals surface area contributed by atoms with Crippen LogP contribution in [0.15, 0.2) is 53.0 Å². The predicted molar refractivity (Wildman–Crippen MR) is 88.8 cm³/mol. The van der Waals surface area contributed by atoms with Gasteiger partial charge in [-0.25, -0.2) is 4.79 Å². The summed E-state index contributed by atoms with van der Waals surface area (Å²) in [7, 11) is 0. The van der Waals surface area contributed by atoms with Gasteiger partial charge in [-0.15, -0.1) is 0 Å². The van der Waals surface area contributed by atoms with Crippen LogP contribution in [0.4, 0.5) is 5.69 Å². The number of esters is 1. The van der Waals surface area contributed by atoms with Crippen molar-refractivity contribution in [3.8, 4) is 6.07 Å². The van der Waals surface area contributed by atoms with E-state index in [1.165, 1.54) is 6.92 Å². The highest BCUT2D eigenvalue weighted by molar-refractivity contribution is 9.10. The van der Waals surface area contributed by atoms with E-state index in [0.29, 0.717) is 16.8 Å². The standard InChI is InChI=1S/C17H13BrN2O3/c1-11(23-17(22)13-3-2-4-14(18)9-13)16(21)20-15-7-5-12(10-19)6-8-15/h2-9,11H,1H3,(H,20,21)/t11-/m0/s1. The molecule has 2 rings (SSSR count). The van der Waals surface area contributed by atoms with Crippen molar-refractivity contribution in [3.63, 3.8) is 0 Å². The lowest BCUT2D eigenvalue weighted by Crippen LogP contribution is -2.30. The van der Waals surface area contributed by atoms with Crippen molar-refractivity contribution in [3.05, 3.63) is 64.1 Å². The molecule has 0 spiro atoms. The van der Waals surface area contributed by atoms with Gasteiger partial charge < -0.3 is 10.1 Å². The Kier molecular flexibility index (Phi) is 5.50. The minimum atomic E-state index is -0.947. The van der Waals surface area contributed by atoms with Crippen LogP contribution < -0.4 is 5.32 Å². The lowest BCUT2D eigenvalue weighted by atomic mass is 10.2. The van der Waals surface area contributed by atoms with E-state index in [0.717, 1.165) is 4.47 Å². The van der Waals surface area contributed by atoms with Crippen molar-refractivity contribution >= 4 is 33.5 Å². The summed E-state index contributed by atoms with van der Waals surface area (Å²) in [6.07, 6.45) is -0.947. The first-order valence-electron chi connectivity index (χ1n) is 6.77. The second kappa shape index (κ2) is 7.56. The van der Waals surface area contributed by atoms with E-state index in [2.05, 4.69) is 21.2 Å². The van der Waals surface area contributed by atoms with Crippen LogP contribution in [0.3, 0.4) is 0 Å². The van der Waals surface area contributed by atoms with E-state index >= 15 is 0 Å². The minimum absolute atomic E-state index is 0.359. The number of nitrogens with one attached hydrogen (secondary N) is 1. The normalized spacial score (nSPS) is 11.2. The molecule has 23 heavy (non-hydrogen) atoms. The fourth-order valence-corrected chi connectivity index (χ4v) is 2.17. The Hall–Kier alpha value is -2.65. The van der Waals surface area contributed by atoms with Crippen LogP contribution in [0, 0.1) is 11.3 Å². The molecule has 116 valence electrons. The number of nitriles is 1. The number of hydrogen-bond acceptors (Lipinski definition) is 4. The van der Waals surface area contributed by atoms with E-state index in [4.69, 9.17) is 10.00 Å². The van der Waals surface area contributed by atoms with Gasteiger partial charge in [0.05, 0.1) is 17.2 Å². The molecule has 5 nitrogen and oxygen atoms in total. The van der Waals surface area contributed by atoms with Gasteiger partial charge in [0.15, 0.2) is 6.10 Å². The molecule has 0 saturated carbocycles. The SMILES string of the molecule is C[C@H](OC(=O)c1cccc(Br)c1)C(=O)Nc1ccc(C#N)cc1. The molecule has 1 atom stereocenters. The molecule has 0 aliphatic heterocycles. The molecule has 1 amide bonds. The Balaban J connectivity index is 1.96. The van der Waals surface area contributed by atoms with Gasteiger partial charge in [-0.1, -0.05) is 22.0 Å². The molecule has 1 N–H and O–H groups in total. The highest BCUT2D eigenvalue weighted by Gasteiger charge is 2.19. The summed E-state index contributed by atoms with van der Waals surface area (Å²) in [5.41, 5.74) is 1.38. The quantitative estimate of drug-likeness (QED) is 0.832. The van der Waals surface area contributed by atoms with Crippen LogP contribution in [-0.2, 0) is 9.53 Å². The van der Waals surface area contributed by atoms with Crippen LogP contribution >= 0.6 is 15.9 Å². The van der Waals surface area contributed by atoms with Crippen LogP contribution in [0.5, 0.6) is 0 Å². The number of halogens is 1. The molecule has 0 radical (unpaired) electrons. The monoisotopic (exact) mass is 372 g/mol. The Labute approximate surface area is 142 Å². The molecule has 0 aliphatic rings. The van der Waals surface area contributed by atoms with Gasteiger partial charge in [-0.05, 0) is 49.4 Å². The van der Waals surface area contributed by atoms with Gasteiger partial charge in [-0.2, -0.15) is 5.26 Å². The Bertz CT molecular complexity index is 766. The van der Waals surface area contributed by atoms with E-state index in [1.807, 2.05) is 6.07 Å². The number of rotatable bonds is 4. The Morgan fingerprint density at radius 1 is 1.22 bits per heavy atom. The third-order valence-electron chi connectivity index (χ3n) is 2.99. The van der Waals surface area contributed by atoms with Gasteiger partial charge in [0, 0.05) is 10.2 Å². The maximum atomic E-state index is 12.0. The molecule has 0 saturated heterocycles. The second-order valence-electron chi connectivity index (χ2n) is 4.74. The summed E-state index contributed by atoms with van der Waals surface area (Å²) in [6, 6.07) is 15.1. The maximum absolute atomic E-state index is 12.0. The fraction of sp³-hybridized carbons (Fsp3) is 0.118. The van der Waals surface area contributed by atoms with Gasteiger partial charge in [0.1, 0.15) is 0 Å². The van der Waals surface area contributed by atoms with Gasteiger partial charge in [-0.3, -0.25) is 4.79 Å². The van der Waals surface area contributed by atoms with E-state index in [9.17, 15) is 9.59 Å². The number of carbonyl (C=O) groups excluding carboxylic acids is 2. The molecule has 0 aliphatic carbocycles. The van der Waals surface area contributed by atoms with Crippen molar-refractivity contribution in [2.75, 3.05) is 5.32 Å². The molecule has 0 fully saturated rings. The molecular weight excluding hydrogens is 360 g/mol. The lowest BCUT2D eigenvalue weighted by molar-refractivity contribution is -0.123. The van der Waals surface area contributed by atoms with Crippen LogP contribution in [-0.4, -0.2) is 18.0 Å². The summed E-state index contributed by atoms with van der Waals surface area (Å²) in [5, 5.41) is 11.4. The van der Waals surface area contributed by atoms with Crippen molar-refractivity contribution < 1.29 is 14.3 Å². The van der Waals surface area contributed by atoms with E-state index < -0.39 is 18.0 Å². The van der Waals surface area contributed by atoms with Crippen LogP contribution in [0.25, 0.3) is 0 Å². The van der Waals surface area contributed by atoms with Crippen LogP contribution in [0.2, 0.25) is 0 Å². The Morgan fingerprint density at radius 3 is 2.52 bits per heavy atom. The smallest absolute Gasteiger partial charge is 0.338 e. The first-order valence-corrected chi connectivity index (χ1v) is 7.56. The van der Waals surface area contributed by atoms with Crippen molar-refractivity contribution in [1.82, 2.24) is 0 Å². The van der Waals surface area contributed by atoms with Gasteiger partial charge in [0.25, 0.3) is 5.91 Å². The highest BCUT2D eigenvalue weighted by atomic mass is 79.9. The van der Waals surface area contributed by atoms with E-state index in [1.54, 1.807) is 48.5 Å². The molecule has 0 aromatic heterocycles. The molecule has 0 heterocycles. The highest BCUT2D eigenvalue weighted by Crippen LogP contribution is 2.14. The number of amides is 1. The number of benzene rings is 2. The average Bonchev–Trinajstić information content (AvgIpc) is 2.55. The molecular formula is C17H13BrN2O3. The number of carbonyl (C=O) groups is 2. The number of anilines is 1. The molecule has 2 aromatic rings. The third kappa shape index (κ3) is 4.66. The summed E-state index contributed by atoms with van der Waals surface area (Å²) < 4.78 is 5.90. The molecule has 0 bridgehead atoms. The summed E-state index contributed by atoms with van der Waals surface area (Å²) in [5.74, 6) is -1.02. The zero-order chi connectivity index (χ0) is 16.8. The predicted octanol–water partition coefficient (Wildman–Crippen LogP) is 3.50. The zero-order valence-electron chi connectivity index (χ0n) is 12.2. The largest absolute Gasteiger partial charge is 0.449 e. The first kappa shape index (κ1) is 16.7. The fourth-order valence-electron chi connectivity index (χ4n) is 1.77. The number of ether oxygens (including phenoxy) is 1. The molecule has 0 unspecified atom stereocenters. The summed E-state index contributed by atoms with van der Waals surface area (Å²) in [6.45, 7) is 1.49. The number of hydrogen-bond donors (Lipinski definition) is 1. The van der Waals surface area contributed by atoms with Gasteiger partial charge >= 0.3 is 5.97 Å². The average molecular weight is 373 g/mol. The van der Waals surface area contributed by atoms with E-state index in [-0.39, 0.29) is 0 Å². The van der Waals surface area contributed by atoms with Crippen molar-refractivity contribution in [1.29, 1.82) is 5.26 Å². The van der Waals surface area contributed by atoms with Gasteiger partial charge in [0.2, 0.25) is 0 Å². The summed E-state index contributed by atoms with van der Waals surface area (Å²) in [4.78, 5) is 24.0. The minimum Gasteiger partial charge on any atom is -0.449 e. The number of nitrogens with zero attached hydrogens (tertiary/aromatic N) is 1. The molecule has 2 aromatic carbocycles. The first-order chi connectivity index (χ1) is 11.0. The van der Waals surface area contributed by atoms with Crippen molar-refractivity contribution in [2.24, 2.45) is 0 Å². The Morgan fingerprint density at radius 2 is 1.91 bits per heavy atom. The van der Waals surface area contributed by atoms with Crippen molar-refractivity contribution in [2.45, 2.75) is 13.0 Å². The van der Waals surface area contributed by atoms with Crippen LogP contribution in [0.1, 0.15) is 22.8 Å². The molecule has 6 heteroatoms. The lowest BCUT2D eigenvalue weighted by Gasteiger charge is -2.13. The second-order valence-corrected chi connectivity index (χ2v) is 5.65. The zero-order valence-corrected chi connectivity index (χ0v) is 13.8. The maximum Gasteiger partial charge on any atom is 0.338 e. The topological polar surface area (TPSA) is 79.2 Å². The third-order valence-corrected chi connectivity index (χ3v) is 3.49.